The van der Waals surface area contributed by atoms with E-state index in [1.54, 1.807) is 0 Å². The van der Waals surface area contributed by atoms with Gasteiger partial charge in [-0.25, -0.2) is 9.97 Å². The van der Waals surface area contributed by atoms with E-state index in [9.17, 15) is 0 Å². The lowest BCUT2D eigenvalue weighted by atomic mass is 9.84. The predicted octanol–water partition coefficient (Wildman–Crippen LogP) is 13.3. The Bertz CT molecular complexity index is 3230. The Morgan fingerprint density at radius 3 is 1.36 bits per heavy atom. The molecule has 0 unspecified atom stereocenters. The van der Waals surface area contributed by atoms with Crippen molar-refractivity contribution in [3.8, 4) is 56.4 Å². The van der Waals surface area contributed by atoms with E-state index in [-0.39, 0.29) is 0 Å². The Kier molecular flexibility index (Phi) is 7.46. The van der Waals surface area contributed by atoms with Crippen molar-refractivity contribution in [2.24, 2.45) is 0 Å². The van der Waals surface area contributed by atoms with Crippen LogP contribution in [0, 0.1) is 0 Å². The highest BCUT2D eigenvalue weighted by atomic mass is 15.1. The van der Waals surface area contributed by atoms with Gasteiger partial charge in [0.2, 0.25) is 0 Å². The van der Waals surface area contributed by atoms with Gasteiger partial charge in [-0.2, -0.15) is 0 Å². The van der Waals surface area contributed by atoms with Crippen LogP contribution in [-0.4, -0.2) is 19.1 Å². The Morgan fingerprint density at radius 2 is 0.732 bits per heavy atom. The maximum atomic E-state index is 5.26. The van der Waals surface area contributed by atoms with E-state index in [1.807, 2.05) is 0 Å². The molecule has 11 aromatic rings. The van der Waals surface area contributed by atoms with Crippen LogP contribution in [0.2, 0.25) is 0 Å². The molecule has 0 aliphatic rings. The summed E-state index contributed by atoms with van der Waals surface area (Å²) in [6, 6.07) is 73.3. The molecule has 0 aliphatic carbocycles. The van der Waals surface area contributed by atoms with Crippen molar-refractivity contribution in [1.29, 1.82) is 0 Å². The van der Waals surface area contributed by atoms with Crippen molar-refractivity contribution in [1.82, 2.24) is 19.1 Å². The molecule has 2 heterocycles. The van der Waals surface area contributed by atoms with Crippen molar-refractivity contribution in [3.63, 3.8) is 0 Å². The maximum Gasteiger partial charge on any atom is 0.145 e. The summed E-state index contributed by atoms with van der Waals surface area (Å²) in [5.74, 6) is 1.82. The van der Waals surface area contributed by atoms with Gasteiger partial charge in [0, 0.05) is 22.5 Å². The number of nitrogens with zero attached hydrogens (tertiary/aromatic N) is 4. The molecule has 0 N–H and O–H groups in total. The fourth-order valence-electron chi connectivity index (χ4n) is 8.46. The smallest absolute Gasteiger partial charge is 0.145 e. The second-order valence-electron chi connectivity index (χ2n) is 14.2. The molecule has 0 saturated heterocycles. The van der Waals surface area contributed by atoms with Crippen molar-refractivity contribution < 1.29 is 0 Å². The molecule has 262 valence electrons. The van der Waals surface area contributed by atoms with Gasteiger partial charge in [-0.05, 0) is 104 Å². The quantitative estimate of drug-likeness (QED) is 0.161. The summed E-state index contributed by atoms with van der Waals surface area (Å²) in [6.07, 6.45) is 0. The molecule has 56 heavy (non-hydrogen) atoms. The van der Waals surface area contributed by atoms with Crippen LogP contribution in [0.5, 0.6) is 0 Å². The fraction of sp³-hybridized carbons (Fsp3) is 0. The lowest BCUT2D eigenvalue weighted by Gasteiger charge is -2.20. The van der Waals surface area contributed by atoms with Crippen molar-refractivity contribution in [3.05, 3.63) is 206 Å². The minimum absolute atomic E-state index is 0.910. The molecule has 4 nitrogen and oxygen atoms in total. The number of aromatic nitrogens is 4. The molecule has 9 aromatic carbocycles. The van der Waals surface area contributed by atoms with E-state index in [0.29, 0.717) is 0 Å². The average molecular weight is 715 g/mol. The zero-order valence-electron chi connectivity index (χ0n) is 30.4. The molecular weight excluding hydrogens is 681 g/mol. The Labute approximate surface area is 324 Å². The van der Waals surface area contributed by atoms with Gasteiger partial charge in [0.15, 0.2) is 0 Å². The lowest BCUT2D eigenvalue weighted by molar-refractivity contribution is 1.10. The van der Waals surface area contributed by atoms with E-state index in [1.165, 1.54) is 32.7 Å². The monoisotopic (exact) mass is 714 g/mol. The minimum Gasteiger partial charge on any atom is -0.292 e. The first-order valence-electron chi connectivity index (χ1n) is 19.0. The van der Waals surface area contributed by atoms with Gasteiger partial charge in [0.25, 0.3) is 0 Å². The van der Waals surface area contributed by atoms with Gasteiger partial charge in [-0.1, -0.05) is 146 Å². The molecule has 2 aromatic heterocycles. The SMILES string of the molecule is c1ccc(-c2c(-c3cccc(-c4nc5ccccc5n4-c4ccccc4)c3)c3ccccc3c3ccc(-c4nc5ccccc5n4-c4ccccc4)cc23)cc1. The molecule has 0 bridgehead atoms. The van der Waals surface area contributed by atoms with Gasteiger partial charge in [0.05, 0.1) is 22.1 Å². The number of imidazole rings is 2. The third-order valence-corrected chi connectivity index (χ3v) is 10.9. The van der Waals surface area contributed by atoms with E-state index in [4.69, 9.17) is 9.97 Å². The first-order chi connectivity index (χ1) is 27.8. The molecule has 11 rings (SSSR count). The van der Waals surface area contributed by atoms with E-state index < -0.39 is 0 Å². The summed E-state index contributed by atoms with van der Waals surface area (Å²) in [7, 11) is 0. The van der Waals surface area contributed by atoms with Gasteiger partial charge < -0.3 is 0 Å². The van der Waals surface area contributed by atoms with Crippen LogP contribution < -0.4 is 0 Å². The largest absolute Gasteiger partial charge is 0.292 e. The molecule has 0 fully saturated rings. The van der Waals surface area contributed by atoms with Crippen molar-refractivity contribution in [2.75, 3.05) is 0 Å². The zero-order valence-corrected chi connectivity index (χ0v) is 30.4. The second-order valence-corrected chi connectivity index (χ2v) is 14.2. The third kappa shape index (κ3) is 5.15. The van der Waals surface area contributed by atoms with Crippen LogP contribution in [0.15, 0.2) is 206 Å². The number of hydrogen-bond acceptors (Lipinski definition) is 2. The van der Waals surface area contributed by atoms with E-state index >= 15 is 0 Å². The van der Waals surface area contributed by atoms with Crippen LogP contribution in [0.25, 0.3) is 100 Å². The summed E-state index contributed by atoms with van der Waals surface area (Å²) in [4.78, 5) is 10.5. The highest BCUT2D eigenvalue weighted by molar-refractivity contribution is 6.22. The summed E-state index contributed by atoms with van der Waals surface area (Å²) in [6.45, 7) is 0. The number of hydrogen-bond donors (Lipinski definition) is 0. The van der Waals surface area contributed by atoms with Crippen molar-refractivity contribution >= 4 is 43.6 Å². The normalized spacial score (nSPS) is 11.6. The van der Waals surface area contributed by atoms with Crippen LogP contribution in [0.4, 0.5) is 0 Å². The van der Waals surface area contributed by atoms with Crippen LogP contribution in [-0.2, 0) is 0 Å². The lowest BCUT2D eigenvalue weighted by Crippen LogP contribution is -1.98. The standard InChI is InChI=1S/C52H34N4/c1-4-17-35(18-5-1)49-44-34-38(52-54-46-28-13-15-30-48(46)56(52)40-23-8-3-9-24-40)31-32-42(44)41-25-10-11-26-43(41)50(49)36-19-16-20-37(33-36)51-53-45-27-12-14-29-47(45)55(51)39-21-6-2-7-22-39/h1-34H. The molecule has 0 spiro atoms. The highest BCUT2D eigenvalue weighted by Gasteiger charge is 2.22. The van der Waals surface area contributed by atoms with E-state index in [2.05, 4.69) is 215 Å². The van der Waals surface area contributed by atoms with Crippen LogP contribution in [0.3, 0.4) is 0 Å². The molecular formula is C52H34N4. The van der Waals surface area contributed by atoms with Crippen molar-refractivity contribution in [2.45, 2.75) is 0 Å². The van der Waals surface area contributed by atoms with Gasteiger partial charge in [-0.3, -0.25) is 9.13 Å². The molecule has 4 heteroatoms. The molecule has 0 saturated carbocycles. The predicted molar refractivity (Wildman–Crippen MR) is 232 cm³/mol. The average Bonchev–Trinajstić information content (AvgIpc) is 3.86. The zero-order chi connectivity index (χ0) is 37.0. The summed E-state index contributed by atoms with van der Waals surface area (Å²) >= 11 is 0. The Balaban J connectivity index is 1.20. The summed E-state index contributed by atoms with van der Waals surface area (Å²) in [5, 5.41) is 4.80. The Morgan fingerprint density at radius 1 is 0.286 bits per heavy atom. The first-order valence-corrected chi connectivity index (χ1v) is 19.0. The molecule has 0 amide bonds. The van der Waals surface area contributed by atoms with E-state index in [0.717, 1.165) is 67.3 Å². The van der Waals surface area contributed by atoms with Crippen LogP contribution in [0.1, 0.15) is 0 Å². The van der Waals surface area contributed by atoms with Crippen LogP contribution >= 0.6 is 0 Å². The van der Waals surface area contributed by atoms with Gasteiger partial charge >= 0.3 is 0 Å². The second kappa shape index (κ2) is 13.1. The number of benzene rings is 9. The first kappa shape index (κ1) is 31.9. The molecule has 0 atom stereocenters. The number of rotatable bonds is 6. The summed E-state index contributed by atoms with van der Waals surface area (Å²) < 4.78 is 4.55. The number of fused-ring (bicyclic) bond motifs is 5. The highest BCUT2D eigenvalue weighted by Crippen LogP contribution is 2.46. The van der Waals surface area contributed by atoms with Gasteiger partial charge in [0.1, 0.15) is 11.6 Å². The maximum absolute atomic E-state index is 5.26. The number of para-hydroxylation sites is 6. The third-order valence-electron chi connectivity index (χ3n) is 10.9. The minimum atomic E-state index is 0.910. The summed E-state index contributed by atoms with van der Waals surface area (Å²) in [5.41, 5.74) is 13.0. The molecule has 0 radical (unpaired) electrons. The van der Waals surface area contributed by atoms with Gasteiger partial charge in [-0.15, -0.1) is 0 Å². The molecule has 0 aliphatic heterocycles. The Hall–Kier alpha value is -7.56. The topological polar surface area (TPSA) is 35.6 Å². The fourth-order valence-corrected chi connectivity index (χ4v) is 8.46.